The average Bonchev–Trinajstić information content (AvgIpc) is 3.54. The number of fused-ring (bicyclic) bond motifs is 1. The van der Waals surface area contributed by atoms with Crippen molar-refractivity contribution in [1.29, 1.82) is 0 Å². The predicted octanol–water partition coefficient (Wildman–Crippen LogP) is 0.581. The molecule has 240 valence electrons. The number of carbonyl (C=O) groups excluding carboxylic acids is 2. The Morgan fingerprint density at radius 3 is 2.70 bits per heavy atom. The molecule has 0 bridgehead atoms. The Hall–Kier alpha value is -2.80. The van der Waals surface area contributed by atoms with Gasteiger partial charge in [-0.15, -0.1) is 0 Å². The Bertz CT molecular complexity index is 1380. The van der Waals surface area contributed by atoms with E-state index in [2.05, 4.69) is 30.7 Å². The molecule has 43 heavy (non-hydrogen) atoms. The lowest BCUT2D eigenvalue weighted by atomic mass is 9.98. The highest BCUT2D eigenvalue weighted by atomic mass is 32.7. The second kappa shape index (κ2) is 13.1. The van der Waals surface area contributed by atoms with Crippen LogP contribution in [0.15, 0.2) is 6.33 Å². The molecule has 0 aromatic carbocycles. The van der Waals surface area contributed by atoms with Gasteiger partial charge in [0.05, 0.1) is 31.7 Å². The summed E-state index contributed by atoms with van der Waals surface area (Å²) in [5.74, 6) is -0.860. The molecule has 2 aliphatic heterocycles. The number of ether oxygens (including phenoxy) is 3. The molecule has 2 aromatic rings. The molecule has 7 N–H and O–H groups in total. The lowest BCUT2D eigenvalue weighted by Crippen LogP contribution is -2.41. The van der Waals surface area contributed by atoms with E-state index < -0.39 is 73.8 Å². The Morgan fingerprint density at radius 1 is 1.35 bits per heavy atom. The number of anilines is 1. The Kier molecular flexibility index (Phi) is 10.0. The van der Waals surface area contributed by atoms with E-state index in [1.165, 1.54) is 17.8 Å². The maximum atomic E-state index is 16.0. The van der Waals surface area contributed by atoms with Gasteiger partial charge in [-0.05, 0) is 34.6 Å². The second-order valence-electron chi connectivity index (χ2n) is 10.4. The maximum absolute atomic E-state index is 16.0. The van der Waals surface area contributed by atoms with Gasteiger partial charge in [0.1, 0.15) is 24.5 Å². The van der Waals surface area contributed by atoms with E-state index in [0.29, 0.717) is 11.4 Å². The van der Waals surface area contributed by atoms with Crippen LogP contribution < -0.4 is 26.2 Å². The van der Waals surface area contributed by atoms with Gasteiger partial charge in [0, 0.05) is 5.75 Å². The standard InChI is InChI=1S/C23H36FN8O9PS/c1-6-38-18-14-16(28-21(25)30-18)32(9-26-14)20-23(5,24)15(33)13(41-20)7-39-42(37,31-11(4)19(35)40-10(2)3)43-8-12-17(34)29-22(36)27-12/h9-13,15,17,20,33-34H,6-8H2,1-5H3,(H,31,37)(H2,25,28,30)(H2,27,29,36)/t11-,12?,13?,15-,17?,20?,23-,42?/m1/s1. The van der Waals surface area contributed by atoms with E-state index in [4.69, 9.17) is 24.5 Å². The summed E-state index contributed by atoms with van der Waals surface area (Å²) in [6, 6.07) is -2.54. The van der Waals surface area contributed by atoms with Crippen molar-refractivity contribution in [3.63, 3.8) is 0 Å². The Labute approximate surface area is 250 Å². The molecule has 2 saturated heterocycles. The molecule has 5 unspecified atom stereocenters. The number of aliphatic hydroxyl groups is 2. The van der Waals surface area contributed by atoms with Crippen molar-refractivity contribution in [3.8, 4) is 5.88 Å². The van der Waals surface area contributed by atoms with E-state index >= 15 is 4.39 Å². The summed E-state index contributed by atoms with van der Waals surface area (Å²) in [7, 11) is 0. The number of nitrogen functional groups attached to an aromatic ring is 1. The van der Waals surface area contributed by atoms with Crippen LogP contribution in [0.4, 0.5) is 15.1 Å². The van der Waals surface area contributed by atoms with Gasteiger partial charge in [0.15, 0.2) is 23.1 Å². The maximum Gasteiger partial charge on any atom is 0.327 e. The van der Waals surface area contributed by atoms with E-state index in [1.54, 1.807) is 20.8 Å². The molecule has 2 aromatic heterocycles. The summed E-state index contributed by atoms with van der Waals surface area (Å²) in [4.78, 5) is 36.3. The third kappa shape index (κ3) is 7.30. The number of rotatable bonds is 13. The number of hydrogen-bond acceptors (Lipinski definition) is 14. The van der Waals surface area contributed by atoms with Crippen LogP contribution in [0, 0.1) is 0 Å². The minimum absolute atomic E-state index is 0.0932. The normalized spacial score (nSPS) is 29.3. The Balaban J connectivity index is 1.53. The number of imidazole rings is 1. The molecule has 2 aliphatic rings. The first-order chi connectivity index (χ1) is 20.1. The number of amides is 2. The third-order valence-electron chi connectivity index (χ3n) is 6.52. The monoisotopic (exact) mass is 650 g/mol. The summed E-state index contributed by atoms with van der Waals surface area (Å²) in [6.07, 6.45) is -5.00. The van der Waals surface area contributed by atoms with Gasteiger partial charge >= 0.3 is 18.7 Å². The zero-order valence-corrected chi connectivity index (χ0v) is 25.8. The molecular weight excluding hydrogens is 614 g/mol. The number of aromatic nitrogens is 4. The molecule has 2 fully saturated rings. The number of carbonyl (C=O) groups is 2. The zero-order valence-electron chi connectivity index (χ0n) is 24.1. The summed E-state index contributed by atoms with van der Waals surface area (Å²) in [5, 5.41) is 28.3. The molecule has 0 radical (unpaired) electrons. The van der Waals surface area contributed by atoms with Crippen molar-refractivity contribution < 1.29 is 47.5 Å². The zero-order chi connectivity index (χ0) is 31.7. The molecule has 17 nitrogen and oxygen atoms in total. The number of hydrogen-bond donors (Lipinski definition) is 6. The van der Waals surface area contributed by atoms with Gasteiger partial charge in [-0.1, -0.05) is 11.4 Å². The molecule has 2 amide bonds. The van der Waals surface area contributed by atoms with Crippen LogP contribution in [0.2, 0.25) is 0 Å². The van der Waals surface area contributed by atoms with Crippen LogP contribution in [0.1, 0.15) is 40.8 Å². The van der Waals surface area contributed by atoms with Gasteiger partial charge in [0.2, 0.25) is 11.8 Å². The first-order valence-electron chi connectivity index (χ1n) is 13.4. The van der Waals surface area contributed by atoms with Crippen molar-refractivity contribution in [2.75, 3.05) is 24.7 Å². The molecule has 8 atom stereocenters. The molecule has 4 heterocycles. The molecule has 20 heteroatoms. The molecular formula is C23H36FN8O9PS. The smallest absolute Gasteiger partial charge is 0.327 e. The van der Waals surface area contributed by atoms with Crippen molar-refractivity contribution in [2.24, 2.45) is 0 Å². The van der Waals surface area contributed by atoms with Gasteiger partial charge in [-0.2, -0.15) is 9.97 Å². The topological polar surface area (TPSA) is 234 Å². The molecule has 0 aliphatic carbocycles. The fourth-order valence-electron chi connectivity index (χ4n) is 4.41. The van der Waals surface area contributed by atoms with Crippen LogP contribution in [0.3, 0.4) is 0 Å². The number of urea groups is 1. The van der Waals surface area contributed by atoms with Crippen molar-refractivity contribution in [1.82, 2.24) is 35.2 Å². The lowest BCUT2D eigenvalue weighted by molar-refractivity contribution is -0.149. The van der Waals surface area contributed by atoms with E-state index in [0.717, 1.165) is 6.92 Å². The third-order valence-corrected chi connectivity index (χ3v) is 10.7. The summed E-state index contributed by atoms with van der Waals surface area (Å²) in [6.45, 7) is 3.22. The number of nitrogens with two attached hydrogens (primary N) is 1. The number of nitrogens with zero attached hydrogens (tertiary/aromatic N) is 4. The summed E-state index contributed by atoms with van der Waals surface area (Å²) < 4.78 is 53.4. The van der Waals surface area contributed by atoms with Gasteiger partial charge in [0.25, 0.3) is 0 Å². The van der Waals surface area contributed by atoms with E-state index in [1.807, 2.05) is 0 Å². The van der Waals surface area contributed by atoms with Gasteiger partial charge in [-0.25, -0.2) is 19.3 Å². The number of aliphatic hydroxyl groups excluding tert-OH is 2. The largest absolute Gasteiger partial charge is 0.476 e. The highest BCUT2D eigenvalue weighted by Gasteiger charge is 2.56. The molecule has 0 spiro atoms. The van der Waals surface area contributed by atoms with Crippen LogP contribution in [-0.4, -0.2) is 103 Å². The quantitative estimate of drug-likeness (QED) is 0.129. The number of alkyl halides is 1. The highest BCUT2D eigenvalue weighted by Crippen LogP contribution is 2.57. The summed E-state index contributed by atoms with van der Waals surface area (Å²) >= 11 is 0.693. The molecule has 0 saturated carbocycles. The minimum atomic E-state index is -4.04. The Morgan fingerprint density at radius 2 is 2.07 bits per heavy atom. The van der Waals surface area contributed by atoms with Crippen LogP contribution in [-0.2, 0) is 23.4 Å². The predicted molar refractivity (Wildman–Crippen MR) is 152 cm³/mol. The van der Waals surface area contributed by atoms with Gasteiger partial charge in [-0.3, -0.25) is 13.9 Å². The number of halogens is 1. The number of esters is 1. The average molecular weight is 651 g/mol. The lowest BCUT2D eigenvalue weighted by Gasteiger charge is -2.26. The van der Waals surface area contributed by atoms with Crippen molar-refractivity contribution in [3.05, 3.63) is 6.33 Å². The highest BCUT2D eigenvalue weighted by molar-refractivity contribution is 8.56. The summed E-state index contributed by atoms with van der Waals surface area (Å²) in [5.41, 5.74) is 3.71. The minimum Gasteiger partial charge on any atom is -0.476 e. The van der Waals surface area contributed by atoms with Crippen molar-refractivity contribution in [2.45, 2.75) is 83.1 Å². The van der Waals surface area contributed by atoms with Crippen molar-refractivity contribution >= 4 is 47.2 Å². The number of nitrogens with one attached hydrogen (secondary N) is 3. The first-order valence-corrected chi connectivity index (χ1v) is 16.6. The van der Waals surface area contributed by atoms with Crippen LogP contribution in [0.5, 0.6) is 5.88 Å². The van der Waals surface area contributed by atoms with E-state index in [-0.39, 0.29) is 35.4 Å². The fourth-order valence-corrected chi connectivity index (χ4v) is 8.35. The van der Waals surface area contributed by atoms with E-state index in [9.17, 15) is 24.4 Å². The molecule has 4 rings (SSSR count). The van der Waals surface area contributed by atoms with Crippen LogP contribution >= 0.6 is 18.1 Å². The fraction of sp³-hybridized carbons (Fsp3) is 0.696. The van der Waals surface area contributed by atoms with Crippen LogP contribution in [0.25, 0.3) is 11.2 Å². The first kappa shape index (κ1) is 33.1. The second-order valence-corrected chi connectivity index (χ2v) is 14.7. The SMILES string of the molecule is CCOc1nc(N)nc2c1ncn2C1OC(COP(=O)(N[C@H](C)C(=O)OC(C)C)SCC2NC(=O)NC2O)[C@@H](O)[C@@]1(C)F. The van der Waals surface area contributed by atoms with Gasteiger partial charge < -0.3 is 45.3 Å².